The lowest BCUT2D eigenvalue weighted by atomic mass is 10.0. The van der Waals surface area contributed by atoms with E-state index in [0.717, 1.165) is 34.8 Å². The number of ether oxygens (including phenoxy) is 3. The van der Waals surface area contributed by atoms with Crippen molar-refractivity contribution >= 4 is 5.96 Å². The van der Waals surface area contributed by atoms with Gasteiger partial charge in [0.1, 0.15) is 5.75 Å². The minimum atomic E-state index is 0.121. The van der Waals surface area contributed by atoms with Crippen molar-refractivity contribution in [2.24, 2.45) is 10.7 Å². The lowest BCUT2D eigenvalue weighted by Crippen LogP contribution is -2.37. The Morgan fingerprint density at radius 3 is 2.92 bits per heavy atom. The van der Waals surface area contributed by atoms with Crippen LogP contribution in [0.15, 0.2) is 47.5 Å². The molecule has 6 heteroatoms. The Morgan fingerprint density at radius 1 is 1.08 bits per heavy atom. The summed E-state index contributed by atoms with van der Waals surface area (Å²) in [6.07, 6.45) is 0.858. The number of hydrogen-bond acceptors (Lipinski definition) is 4. The van der Waals surface area contributed by atoms with Crippen molar-refractivity contribution in [2.75, 3.05) is 13.4 Å². The molecule has 0 saturated heterocycles. The number of nitrogens with one attached hydrogen (secondary N) is 1. The zero-order chi connectivity index (χ0) is 16.4. The molecule has 0 amide bonds. The minimum absolute atomic E-state index is 0.121. The van der Waals surface area contributed by atoms with Crippen molar-refractivity contribution in [3.05, 3.63) is 53.6 Å². The fourth-order valence-electron chi connectivity index (χ4n) is 2.93. The lowest BCUT2D eigenvalue weighted by molar-refractivity contribution is 0.174. The fraction of sp³-hybridized carbons (Fsp3) is 0.278. The number of nitrogens with zero attached hydrogens (tertiary/aromatic N) is 1. The first-order valence-corrected chi connectivity index (χ1v) is 7.96. The maximum Gasteiger partial charge on any atom is 0.231 e. The van der Waals surface area contributed by atoms with E-state index in [1.165, 1.54) is 0 Å². The number of benzene rings is 2. The minimum Gasteiger partial charge on any atom is -0.493 e. The molecule has 0 bridgehead atoms. The highest BCUT2D eigenvalue weighted by Crippen LogP contribution is 2.33. The summed E-state index contributed by atoms with van der Waals surface area (Å²) in [5.41, 5.74) is 8.20. The first-order valence-electron chi connectivity index (χ1n) is 7.96. The highest BCUT2D eigenvalue weighted by Gasteiger charge is 2.21. The Labute approximate surface area is 140 Å². The van der Waals surface area contributed by atoms with Gasteiger partial charge in [-0.25, -0.2) is 4.99 Å². The molecule has 0 aliphatic carbocycles. The summed E-state index contributed by atoms with van der Waals surface area (Å²) in [5.74, 6) is 2.86. The predicted octanol–water partition coefficient (Wildman–Crippen LogP) is 2.34. The second kappa shape index (κ2) is 6.31. The second-order valence-electron chi connectivity index (χ2n) is 5.76. The van der Waals surface area contributed by atoms with Crippen LogP contribution in [-0.2, 0) is 6.54 Å². The molecule has 1 atom stereocenters. The quantitative estimate of drug-likeness (QED) is 0.669. The van der Waals surface area contributed by atoms with Crippen LogP contribution in [0.2, 0.25) is 0 Å². The van der Waals surface area contributed by atoms with Crippen LogP contribution >= 0.6 is 0 Å². The molecule has 2 heterocycles. The average molecular weight is 325 g/mol. The second-order valence-corrected chi connectivity index (χ2v) is 5.76. The van der Waals surface area contributed by atoms with E-state index >= 15 is 0 Å². The number of guanidine groups is 1. The van der Waals surface area contributed by atoms with Gasteiger partial charge >= 0.3 is 0 Å². The maximum atomic E-state index is 6.06. The predicted molar refractivity (Wildman–Crippen MR) is 90.3 cm³/mol. The van der Waals surface area contributed by atoms with Gasteiger partial charge in [-0.3, -0.25) is 0 Å². The summed E-state index contributed by atoms with van der Waals surface area (Å²) < 4.78 is 16.3. The molecular formula is C18H19N3O3. The Balaban J connectivity index is 1.43. The van der Waals surface area contributed by atoms with E-state index in [1.54, 1.807) is 0 Å². The first kappa shape index (κ1) is 14.7. The van der Waals surface area contributed by atoms with E-state index in [4.69, 9.17) is 19.9 Å². The van der Waals surface area contributed by atoms with Crippen molar-refractivity contribution in [1.29, 1.82) is 0 Å². The van der Waals surface area contributed by atoms with Crippen LogP contribution in [0.25, 0.3) is 0 Å². The van der Waals surface area contributed by atoms with Crippen LogP contribution in [0.1, 0.15) is 23.6 Å². The van der Waals surface area contributed by atoms with Gasteiger partial charge in [0.15, 0.2) is 17.5 Å². The summed E-state index contributed by atoms with van der Waals surface area (Å²) in [5, 5.41) is 3.29. The topological polar surface area (TPSA) is 78.1 Å². The lowest BCUT2D eigenvalue weighted by Gasteiger charge is -2.26. The van der Waals surface area contributed by atoms with E-state index in [0.29, 0.717) is 19.1 Å². The summed E-state index contributed by atoms with van der Waals surface area (Å²) >= 11 is 0. The van der Waals surface area contributed by atoms with Crippen LogP contribution < -0.4 is 25.3 Å². The highest BCUT2D eigenvalue weighted by atomic mass is 16.7. The number of fused-ring (bicyclic) bond motifs is 2. The normalized spacial score (nSPS) is 18.7. The van der Waals surface area contributed by atoms with Gasteiger partial charge < -0.3 is 25.3 Å². The van der Waals surface area contributed by atoms with Crippen molar-refractivity contribution < 1.29 is 14.2 Å². The first-order chi connectivity index (χ1) is 11.8. The van der Waals surface area contributed by atoms with Crippen molar-refractivity contribution in [1.82, 2.24) is 5.32 Å². The number of rotatable bonds is 3. The zero-order valence-corrected chi connectivity index (χ0v) is 13.2. The van der Waals surface area contributed by atoms with Crippen LogP contribution in [0.4, 0.5) is 0 Å². The highest BCUT2D eigenvalue weighted by molar-refractivity contribution is 5.78. The summed E-state index contributed by atoms with van der Waals surface area (Å²) in [6.45, 7) is 1.43. The van der Waals surface area contributed by atoms with Gasteiger partial charge in [0.2, 0.25) is 6.79 Å². The van der Waals surface area contributed by atoms with Gasteiger partial charge in [-0.1, -0.05) is 24.3 Å². The third-order valence-corrected chi connectivity index (χ3v) is 4.15. The smallest absolute Gasteiger partial charge is 0.231 e. The molecule has 6 nitrogen and oxygen atoms in total. The number of para-hydroxylation sites is 1. The summed E-state index contributed by atoms with van der Waals surface area (Å²) in [7, 11) is 0. The van der Waals surface area contributed by atoms with E-state index in [-0.39, 0.29) is 12.8 Å². The largest absolute Gasteiger partial charge is 0.493 e. The van der Waals surface area contributed by atoms with E-state index in [9.17, 15) is 0 Å². The van der Waals surface area contributed by atoms with Gasteiger partial charge in [0, 0.05) is 12.0 Å². The Kier molecular flexibility index (Phi) is 3.86. The number of aliphatic imine (C=N–C) groups is 1. The maximum absolute atomic E-state index is 6.06. The number of hydrogen-bond donors (Lipinski definition) is 2. The van der Waals surface area contributed by atoms with Gasteiger partial charge in [-0.15, -0.1) is 0 Å². The molecule has 2 aliphatic heterocycles. The average Bonchev–Trinajstić information content (AvgIpc) is 3.08. The van der Waals surface area contributed by atoms with Crippen LogP contribution in [0.3, 0.4) is 0 Å². The molecule has 0 radical (unpaired) electrons. The van der Waals surface area contributed by atoms with Crippen LogP contribution in [-0.4, -0.2) is 19.4 Å². The molecular weight excluding hydrogens is 306 g/mol. The molecule has 4 rings (SSSR count). The molecule has 124 valence electrons. The summed E-state index contributed by atoms with van der Waals surface area (Å²) in [6, 6.07) is 13.9. The van der Waals surface area contributed by atoms with Crippen LogP contribution in [0, 0.1) is 0 Å². The van der Waals surface area contributed by atoms with E-state index in [2.05, 4.69) is 16.4 Å². The number of nitrogens with two attached hydrogens (primary N) is 1. The molecule has 2 aromatic rings. The molecule has 0 saturated carbocycles. The van der Waals surface area contributed by atoms with E-state index < -0.39 is 0 Å². The molecule has 24 heavy (non-hydrogen) atoms. The fourth-order valence-corrected chi connectivity index (χ4v) is 2.93. The molecule has 0 spiro atoms. The van der Waals surface area contributed by atoms with Gasteiger partial charge in [-0.2, -0.15) is 0 Å². The SMILES string of the molecule is NC(=NCc1ccc2c(c1)OCO2)NC1CCOc2ccccc21. The van der Waals surface area contributed by atoms with Gasteiger partial charge in [0.05, 0.1) is 19.2 Å². The van der Waals surface area contributed by atoms with Crippen molar-refractivity contribution in [2.45, 2.75) is 19.0 Å². The van der Waals surface area contributed by atoms with Gasteiger partial charge in [0.25, 0.3) is 0 Å². The Bertz CT molecular complexity index is 776. The monoisotopic (exact) mass is 325 g/mol. The third-order valence-electron chi connectivity index (χ3n) is 4.15. The molecule has 0 aromatic heterocycles. The Morgan fingerprint density at radius 2 is 1.96 bits per heavy atom. The molecule has 2 aromatic carbocycles. The molecule has 2 aliphatic rings. The third kappa shape index (κ3) is 2.95. The standard InChI is InChI=1S/C18H19N3O3/c19-18(20-10-12-5-6-16-17(9-12)24-11-23-16)21-14-7-8-22-15-4-2-1-3-13(14)15/h1-6,9,14H,7-8,10-11H2,(H3,19,20,21). The van der Waals surface area contributed by atoms with Crippen molar-refractivity contribution in [3.8, 4) is 17.2 Å². The molecule has 3 N–H and O–H groups in total. The Hall–Kier alpha value is -2.89. The van der Waals surface area contributed by atoms with Crippen LogP contribution in [0.5, 0.6) is 17.2 Å². The summed E-state index contributed by atoms with van der Waals surface area (Å²) in [4.78, 5) is 4.43. The van der Waals surface area contributed by atoms with E-state index in [1.807, 2.05) is 36.4 Å². The molecule has 0 fully saturated rings. The molecule has 1 unspecified atom stereocenters. The zero-order valence-electron chi connectivity index (χ0n) is 13.2. The van der Waals surface area contributed by atoms with Crippen molar-refractivity contribution in [3.63, 3.8) is 0 Å². The van der Waals surface area contributed by atoms with Gasteiger partial charge in [-0.05, 0) is 23.8 Å².